The molecule has 2 rings (SSSR count). The number of amides is 7. The van der Waals surface area contributed by atoms with Crippen LogP contribution in [0.5, 0.6) is 0 Å². The van der Waals surface area contributed by atoms with E-state index in [0.29, 0.717) is 63.6 Å². The fourth-order valence-electron chi connectivity index (χ4n) is 10.1. The Bertz CT molecular complexity index is 2230. The molecule has 12 N–H and O–H groups in total. The number of carbonyl (C=O) groups is 11. The van der Waals surface area contributed by atoms with Crippen LogP contribution in [0.4, 0.5) is 0 Å². The van der Waals surface area contributed by atoms with Crippen molar-refractivity contribution in [2.75, 3.05) is 26.2 Å². The molecule has 0 spiro atoms. The fraction of sp³-hybridized carbons (Fsp3) is 0.721. The molecule has 468 valence electrons. The lowest BCUT2D eigenvalue weighted by Gasteiger charge is -2.28. The standard InChI is InChI=1S/C61H100N8O14/c1-8-20-47-52(74)34-43(32-41-23-14-11-15-24-41)57(79)68-50(31-38(4)5)61(83)67-49(22-10-3)60(82)66-48(21-9-2)54(76)36-46(40(7)72)58(80)64-30-27-42(56(78)65-47)33-53(75)51(37-70)69-59(81)45(39(6)71)35-44(73)25-16-13-19-29-63-55(77)26-17-12-18-28-62/h11,14-15,23-24,38-40,42-43,45-51,70-72H,8-10,12-13,16-22,25-37,62H2,1-7H3,(H,63,77)(H,64,80)(H,65,78)(H,66,82)(H,67,83)(H,68,79)(H,69,81)/t39-,40-,42-,43+,45+,46+,47+,48+,49+,50+,51-/m1/s1. The predicted molar refractivity (Wildman–Crippen MR) is 314 cm³/mol. The van der Waals surface area contributed by atoms with Gasteiger partial charge in [-0.2, -0.15) is 0 Å². The van der Waals surface area contributed by atoms with Gasteiger partial charge in [0.2, 0.25) is 41.4 Å². The Morgan fingerprint density at radius 2 is 1.22 bits per heavy atom. The monoisotopic (exact) mass is 1170 g/mol. The molecule has 0 aliphatic carbocycles. The number of aliphatic hydroxyl groups is 3. The van der Waals surface area contributed by atoms with Crippen LogP contribution in [0.2, 0.25) is 0 Å². The van der Waals surface area contributed by atoms with Crippen LogP contribution in [0, 0.1) is 29.6 Å². The Labute approximate surface area is 491 Å². The molecule has 1 aliphatic rings. The Hall–Kier alpha value is -5.97. The molecule has 1 heterocycles. The van der Waals surface area contributed by atoms with Crippen LogP contribution in [0.1, 0.15) is 182 Å². The molecule has 7 amide bonds. The lowest BCUT2D eigenvalue weighted by molar-refractivity contribution is -0.137. The van der Waals surface area contributed by atoms with E-state index in [2.05, 4.69) is 37.2 Å². The van der Waals surface area contributed by atoms with E-state index in [9.17, 15) is 68.1 Å². The molecule has 83 heavy (non-hydrogen) atoms. The average molecular weight is 1170 g/mol. The molecule has 22 heteroatoms. The summed E-state index contributed by atoms with van der Waals surface area (Å²) in [6.45, 7) is 11.5. The maximum atomic E-state index is 14.5. The quantitative estimate of drug-likeness (QED) is 0.0476. The van der Waals surface area contributed by atoms with Gasteiger partial charge in [0.25, 0.3) is 0 Å². The summed E-state index contributed by atoms with van der Waals surface area (Å²) in [6.07, 6.45) is 1.72. The number of unbranched alkanes of at least 4 members (excludes halogenated alkanes) is 4. The summed E-state index contributed by atoms with van der Waals surface area (Å²) in [5.41, 5.74) is 6.21. The highest BCUT2D eigenvalue weighted by Crippen LogP contribution is 2.21. The lowest BCUT2D eigenvalue weighted by Crippen LogP contribution is -2.56. The largest absolute Gasteiger partial charge is 0.394 e. The summed E-state index contributed by atoms with van der Waals surface area (Å²) < 4.78 is 0. The third-order valence-corrected chi connectivity index (χ3v) is 15.0. The first-order valence-electron chi connectivity index (χ1n) is 30.4. The van der Waals surface area contributed by atoms with Gasteiger partial charge in [0.1, 0.15) is 23.9 Å². The van der Waals surface area contributed by atoms with Crippen molar-refractivity contribution < 1.29 is 68.1 Å². The lowest BCUT2D eigenvalue weighted by atomic mass is 9.89. The van der Waals surface area contributed by atoms with E-state index in [1.807, 2.05) is 20.8 Å². The molecule has 1 aliphatic heterocycles. The van der Waals surface area contributed by atoms with E-state index in [4.69, 9.17) is 5.73 Å². The number of carbonyl (C=O) groups excluding carboxylic acids is 11. The highest BCUT2D eigenvalue weighted by molar-refractivity contribution is 5.98. The Balaban J connectivity index is 2.54. The molecular weight excluding hydrogens is 1070 g/mol. The maximum absolute atomic E-state index is 14.5. The third-order valence-electron chi connectivity index (χ3n) is 15.0. The van der Waals surface area contributed by atoms with Crippen molar-refractivity contribution in [1.29, 1.82) is 0 Å². The minimum absolute atomic E-state index is 0.0552. The normalized spacial score (nSPS) is 22.7. The summed E-state index contributed by atoms with van der Waals surface area (Å²) >= 11 is 0. The zero-order chi connectivity index (χ0) is 62.0. The predicted octanol–water partition coefficient (Wildman–Crippen LogP) is 2.87. The second kappa shape index (κ2) is 40.3. The summed E-state index contributed by atoms with van der Waals surface area (Å²) in [6, 6.07) is 2.71. The van der Waals surface area contributed by atoms with Crippen LogP contribution in [0.3, 0.4) is 0 Å². The molecule has 1 saturated heterocycles. The number of hydrogen-bond acceptors (Lipinski definition) is 15. The Morgan fingerprint density at radius 3 is 1.81 bits per heavy atom. The van der Waals surface area contributed by atoms with Gasteiger partial charge < -0.3 is 58.3 Å². The second-order valence-corrected chi connectivity index (χ2v) is 22.9. The van der Waals surface area contributed by atoms with Crippen LogP contribution < -0.4 is 43.0 Å². The van der Waals surface area contributed by atoms with Gasteiger partial charge in [-0.25, -0.2) is 0 Å². The van der Waals surface area contributed by atoms with Crippen molar-refractivity contribution in [3.05, 3.63) is 35.9 Å². The van der Waals surface area contributed by atoms with Crippen LogP contribution >= 0.6 is 0 Å². The summed E-state index contributed by atoms with van der Waals surface area (Å²) in [7, 11) is 0. The van der Waals surface area contributed by atoms with E-state index < -0.39 is 145 Å². The van der Waals surface area contributed by atoms with Gasteiger partial charge in [0, 0.05) is 63.5 Å². The first kappa shape index (κ1) is 73.1. The Kier molecular flexibility index (Phi) is 35.5. The van der Waals surface area contributed by atoms with Crippen LogP contribution in [0.25, 0.3) is 0 Å². The van der Waals surface area contributed by atoms with Gasteiger partial charge in [-0.05, 0) is 96.1 Å². The number of nitrogens with two attached hydrogens (primary N) is 1. The SMILES string of the molecule is CCC[C@@H]1NC(=O)[C@@H](CC(=O)[C@@H](CO)NC(=O)[C@@H](CC(=O)CCCCCNC(=O)CCCCCN)[C@@H](C)O)CCNC(=O)[C@H]([C@@H](C)O)CC(=O)[C@H](CCC)NC(=O)[C@H](CCC)NC(=O)[C@H](CC(C)C)NC(=O)[C@@H](Cc2ccccc2)CC1=O. The van der Waals surface area contributed by atoms with Crippen molar-refractivity contribution in [2.24, 2.45) is 35.3 Å². The number of rotatable bonds is 31. The molecule has 22 nitrogen and oxygen atoms in total. The van der Waals surface area contributed by atoms with Crippen molar-refractivity contribution in [3.8, 4) is 0 Å². The molecule has 0 saturated carbocycles. The third kappa shape index (κ3) is 28.0. The van der Waals surface area contributed by atoms with Crippen molar-refractivity contribution in [1.82, 2.24) is 37.2 Å². The number of nitrogens with one attached hydrogen (secondary N) is 7. The molecule has 1 aromatic carbocycles. The number of ketones is 4. The molecule has 0 bridgehead atoms. The molecule has 0 radical (unpaired) electrons. The zero-order valence-corrected chi connectivity index (χ0v) is 50.4. The average Bonchev–Trinajstić information content (AvgIpc) is 3.50. The van der Waals surface area contributed by atoms with Gasteiger partial charge >= 0.3 is 0 Å². The van der Waals surface area contributed by atoms with E-state index in [1.165, 1.54) is 13.8 Å². The first-order valence-corrected chi connectivity index (χ1v) is 30.4. The van der Waals surface area contributed by atoms with Crippen molar-refractivity contribution in [3.63, 3.8) is 0 Å². The second-order valence-electron chi connectivity index (χ2n) is 22.9. The summed E-state index contributed by atoms with van der Waals surface area (Å²) in [5.74, 6) is -11.9. The van der Waals surface area contributed by atoms with Crippen molar-refractivity contribution >= 4 is 64.5 Å². The fourth-order valence-corrected chi connectivity index (χ4v) is 10.1. The minimum atomic E-state index is -1.62. The number of Topliss-reactive ketones (excluding diaryl/α,β-unsaturated/α-hetero) is 4. The molecule has 1 aromatic rings. The van der Waals surface area contributed by atoms with E-state index in [0.717, 1.165) is 19.3 Å². The summed E-state index contributed by atoms with van der Waals surface area (Å²) in [5, 5.41) is 51.1. The molecule has 0 aromatic heterocycles. The zero-order valence-electron chi connectivity index (χ0n) is 50.4. The van der Waals surface area contributed by atoms with E-state index in [1.54, 1.807) is 44.2 Å². The highest BCUT2D eigenvalue weighted by Gasteiger charge is 2.37. The minimum Gasteiger partial charge on any atom is -0.394 e. The van der Waals surface area contributed by atoms with Crippen molar-refractivity contribution in [2.45, 2.75) is 226 Å². The van der Waals surface area contributed by atoms with Gasteiger partial charge in [-0.3, -0.25) is 52.7 Å². The van der Waals surface area contributed by atoms with Gasteiger partial charge in [-0.15, -0.1) is 0 Å². The number of benzene rings is 1. The highest BCUT2D eigenvalue weighted by atomic mass is 16.3. The molecule has 1 fully saturated rings. The smallest absolute Gasteiger partial charge is 0.243 e. The topological polar surface area (TPSA) is 359 Å². The van der Waals surface area contributed by atoms with Crippen LogP contribution in [0.15, 0.2) is 30.3 Å². The van der Waals surface area contributed by atoms with E-state index in [-0.39, 0.29) is 75.5 Å². The van der Waals surface area contributed by atoms with Gasteiger partial charge in [0.15, 0.2) is 17.3 Å². The first-order chi connectivity index (χ1) is 39.5. The molecule has 0 unspecified atom stereocenters. The van der Waals surface area contributed by atoms with Gasteiger partial charge in [-0.1, -0.05) is 97.1 Å². The molecular formula is C61H100N8O14. The maximum Gasteiger partial charge on any atom is 0.243 e. The number of hydrogen-bond donors (Lipinski definition) is 11. The Morgan fingerprint density at radius 1 is 0.663 bits per heavy atom. The van der Waals surface area contributed by atoms with Crippen LogP contribution in [-0.2, 0) is 59.2 Å². The van der Waals surface area contributed by atoms with Crippen LogP contribution in [-0.4, -0.2) is 148 Å². The molecule has 11 atom stereocenters. The summed E-state index contributed by atoms with van der Waals surface area (Å²) in [4.78, 5) is 153. The van der Waals surface area contributed by atoms with Gasteiger partial charge in [0.05, 0.1) is 42.7 Å². The van der Waals surface area contributed by atoms with E-state index >= 15 is 0 Å². The number of aliphatic hydroxyl groups excluding tert-OH is 3.